The van der Waals surface area contributed by atoms with Crippen LogP contribution in [0.5, 0.6) is 0 Å². The van der Waals surface area contributed by atoms with Crippen molar-refractivity contribution >= 4 is 21.4 Å². The lowest BCUT2D eigenvalue weighted by Gasteiger charge is -2.03. The highest BCUT2D eigenvalue weighted by molar-refractivity contribution is 7.91. The minimum Gasteiger partial charge on any atom is -0.243 e. The fourth-order valence-corrected chi connectivity index (χ4v) is 2.75. The molecule has 0 aliphatic carbocycles. The molecule has 1 aromatic heterocycles. The van der Waals surface area contributed by atoms with Crippen LogP contribution in [0.2, 0.25) is 0 Å². The van der Waals surface area contributed by atoms with Gasteiger partial charge in [0.1, 0.15) is 6.07 Å². The number of halogens is 1. The fraction of sp³-hybridized carbons (Fsp3) is 0.333. The number of nitriles is 1. The summed E-state index contributed by atoms with van der Waals surface area (Å²) < 4.78 is 23.4. The van der Waals surface area contributed by atoms with Crippen LogP contribution < -0.4 is 0 Å². The Bertz CT molecular complexity index is 479. The van der Waals surface area contributed by atoms with Gasteiger partial charge in [0.15, 0.2) is 14.9 Å². The number of aromatic nitrogens is 1. The highest BCUT2D eigenvalue weighted by atomic mass is 35.5. The van der Waals surface area contributed by atoms with Gasteiger partial charge in [-0.15, -0.1) is 11.6 Å². The van der Waals surface area contributed by atoms with Gasteiger partial charge in [0, 0.05) is 12.1 Å². The molecule has 0 aliphatic rings. The number of hydrogen-bond donors (Lipinski definition) is 0. The molecule has 0 saturated heterocycles. The summed E-state index contributed by atoms with van der Waals surface area (Å²) in [6.45, 7) is 0. The van der Waals surface area contributed by atoms with Gasteiger partial charge in [0.25, 0.3) is 0 Å². The first-order valence-corrected chi connectivity index (χ1v) is 6.44. The van der Waals surface area contributed by atoms with Crippen LogP contribution in [-0.2, 0) is 9.84 Å². The Morgan fingerprint density at radius 3 is 2.87 bits per heavy atom. The van der Waals surface area contributed by atoms with Crippen LogP contribution in [0.4, 0.5) is 0 Å². The Labute approximate surface area is 93.4 Å². The average Bonchev–Trinajstić information content (AvgIpc) is 2.26. The van der Waals surface area contributed by atoms with Crippen molar-refractivity contribution in [1.29, 1.82) is 5.26 Å². The monoisotopic (exact) mass is 244 g/mol. The standard InChI is InChI=1S/C9H9ClN2O2S/c10-4-2-6-15(13,14)9-8(7-11)3-1-5-12-9/h1,3,5H,2,4,6H2. The summed E-state index contributed by atoms with van der Waals surface area (Å²) in [5.74, 6) is 0.191. The highest BCUT2D eigenvalue weighted by Crippen LogP contribution is 2.13. The summed E-state index contributed by atoms with van der Waals surface area (Å²) in [5, 5.41) is 8.57. The van der Waals surface area contributed by atoms with E-state index < -0.39 is 9.84 Å². The molecule has 0 amide bonds. The maximum atomic E-state index is 11.7. The van der Waals surface area contributed by atoms with Gasteiger partial charge in [-0.05, 0) is 18.6 Å². The third kappa shape index (κ3) is 2.91. The van der Waals surface area contributed by atoms with E-state index in [1.807, 2.05) is 0 Å². The van der Waals surface area contributed by atoms with E-state index in [0.29, 0.717) is 6.42 Å². The lowest BCUT2D eigenvalue weighted by molar-refractivity contribution is 0.590. The zero-order valence-corrected chi connectivity index (χ0v) is 9.42. The van der Waals surface area contributed by atoms with E-state index in [0.717, 1.165) is 0 Å². The van der Waals surface area contributed by atoms with Gasteiger partial charge in [-0.2, -0.15) is 5.26 Å². The Hall–Kier alpha value is -1.12. The molecule has 6 heteroatoms. The maximum Gasteiger partial charge on any atom is 0.196 e. The Balaban J connectivity index is 3.11. The average molecular weight is 245 g/mol. The lowest BCUT2D eigenvalue weighted by atomic mass is 10.3. The second-order valence-corrected chi connectivity index (χ2v) is 5.23. The normalized spacial score (nSPS) is 10.9. The molecule has 4 nitrogen and oxygen atoms in total. The number of alkyl halides is 1. The Morgan fingerprint density at radius 2 is 2.27 bits per heavy atom. The minimum atomic E-state index is -3.48. The maximum absolute atomic E-state index is 11.7. The molecule has 0 spiro atoms. The molecular formula is C9H9ClN2O2S. The molecule has 80 valence electrons. The van der Waals surface area contributed by atoms with Crippen molar-refractivity contribution in [1.82, 2.24) is 4.98 Å². The van der Waals surface area contributed by atoms with Crippen LogP contribution in [0, 0.1) is 11.3 Å². The van der Waals surface area contributed by atoms with E-state index in [4.69, 9.17) is 16.9 Å². The summed E-state index contributed by atoms with van der Waals surface area (Å²) >= 11 is 5.42. The van der Waals surface area contributed by atoms with Crippen LogP contribution in [-0.4, -0.2) is 25.0 Å². The molecule has 0 unspecified atom stereocenters. The Morgan fingerprint density at radius 1 is 1.53 bits per heavy atom. The van der Waals surface area contributed by atoms with Crippen molar-refractivity contribution in [3.05, 3.63) is 23.9 Å². The number of nitrogens with zero attached hydrogens (tertiary/aromatic N) is 2. The zero-order valence-electron chi connectivity index (χ0n) is 7.85. The third-order valence-corrected chi connectivity index (χ3v) is 3.74. The minimum absolute atomic E-state index is 0.0760. The molecule has 0 N–H and O–H groups in total. The van der Waals surface area contributed by atoms with E-state index in [-0.39, 0.29) is 22.2 Å². The highest BCUT2D eigenvalue weighted by Gasteiger charge is 2.19. The summed E-state index contributed by atoms with van der Waals surface area (Å²) in [6.07, 6.45) is 1.71. The molecule has 0 radical (unpaired) electrons. The van der Waals surface area contributed by atoms with Gasteiger partial charge in [-0.25, -0.2) is 13.4 Å². The van der Waals surface area contributed by atoms with Crippen molar-refractivity contribution in [3.63, 3.8) is 0 Å². The molecule has 0 bridgehead atoms. The Kier molecular flexibility index (Phi) is 4.06. The summed E-state index contributed by atoms with van der Waals surface area (Å²) in [5.41, 5.74) is 0.0760. The van der Waals surface area contributed by atoms with Crippen LogP contribution in [0.3, 0.4) is 0 Å². The van der Waals surface area contributed by atoms with Crippen molar-refractivity contribution in [2.45, 2.75) is 11.4 Å². The van der Waals surface area contributed by atoms with Crippen LogP contribution in [0.15, 0.2) is 23.4 Å². The van der Waals surface area contributed by atoms with Crippen molar-refractivity contribution in [3.8, 4) is 6.07 Å². The van der Waals surface area contributed by atoms with Crippen molar-refractivity contribution < 1.29 is 8.42 Å². The molecule has 1 rings (SSSR count). The van der Waals surface area contributed by atoms with E-state index in [1.165, 1.54) is 18.3 Å². The second kappa shape index (κ2) is 5.10. The quantitative estimate of drug-likeness (QED) is 0.750. The lowest BCUT2D eigenvalue weighted by Crippen LogP contribution is -2.11. The molecule has 15 heavy (non-hydrogen) atoms. The molecule has 0 saturated carbocycles. The molecule has 1 heterocycles. The number of sulfone groups is 1. The molecule has 0 aliphatic heterocycles. The van der Waals surface area contributed by atoms with Crippen molar-refractivity contribution in [2.75, 3.05) is 11.6 Å². The van der Waals surface area contributed by atoms with Crippen LogP contribution in [0.1, 0.15) is 12.0 Å². The number of rotatable bonds is 4. The molecule has 1 aromatic rings. The summed E-state index contributed by atoms with van der Waals surface area (Å²) in [4.78, 5) is 3.72. The first-order valence-electron chi connectivity index (χ1n) is 4.25. The SMILES string of the molecule is N#Cc1cccnc1S(=O)(=O)CCCCl. The first kappa shape index (κ1) is 12.0. The second-order valence-electron chi connectivity index (χ2n) is 2.83. The topological polar surface area (TPSA) is 70.8 Å². The molecule has 0 aromatic carbocycles. The van der Waals surface area contributed by atoms with E-state index in [2.05, 4.69) is 4.98 Å². The van der Waals surface area contributed by atoms with Crippen LogP contribution >= 0.6 is 11.6 Å². The third-order valence-electron chi connectivity index (χ3n) is 1.73. The smallest absolute Gasteiger partial charge is 0.196 e. The van der Waals surface area contributed by atoms with Crippen LogP contribution in [0.25, 0.3) is 0 Å². The van der Waals surface area contributed by atoms with Gasteiger partial charge < -0.3 is 0 Å². The van der Waals surface area contributed by atoms with Gasteiger partial charge in [0.2, 0.25) is 0 Å². The molecule has 0 fully saturated rings. The summed E-state index contributed by atoms with van der Waals surface area (Å²) in [6, 6.07) is 4.76. The van der Waals surface area contributed by atoms with Gasteiger partial charge in [0.05, 0.1) is 11.3 Å². The fourth-order valence-electron chi connectivity index (χ4n) is 1.06. The van der Waals surface area contributed by atoms with E-state index in [9.17, 15) is 8.42 Å². The van der Waals surface area contributed by atoms with E-state index >= 15 is 0 Å². The largest absolute Gasteiger partial charge is 0.243 e. The number of hydrogen-bond acceptors (Lipinski definition) is 4. The first-order chi connectivity index (χ1) is 7.11. The van der Waals surface area contributed by atoms with Gasteiger partial charge in [-0.1, -0.05) is 0 Å². The summed E-state index contributed by atoms with van der Waals surface area (Å²) in [7, 11) is -3.48. The zero-order chi connectivity index (χ0) is 11.3. The number of pyridine rings is 1. The predicted molar refractivity (Wildman–Crippen MR) is 56.3 cm³/mol. The molecular weight excluding hydrogens is 236 g/mol. The molecule has 0 atom stereocenters. The van der Waals surface area contributed by atoms with Gasteiger partial charge >= 0.3 is 0 Å². The van der Waals surface area contributed by atoms with Gasteiger partial charge in [-0.3, -0.25) is 0 Å². The van der Waals surface area contributed by atoms with Crippen molar-refractivity contribution in [2.24, 2.45) is 0 Å². The van der Waals surface area contributed by atoms with E-state index in [1.54, 1.807) is 6.07 Å². The predicted octanol–water partition coefficient (Wildman–Crippen LogP) is 1.36.